The van der Waals surface area contributed by atoms with E-state index in [1.54, 1.807) is 6.08 Å². The highest BCUT2D eigenvalue weighted by atomic mass is 16.3. The van der Waals surface area contributed by atoms with Crippen molar-refractivity contribution in [3.63, 3.8) is 0 Å². The lowest BCUT2D eigenvalue weighted by Gasteiger charge is -2.04. The van der Waals surface area contributed by atoms with Crippen molar-refractivity contribution in [3.05, 3.63) is 12.7 Å². The van der Waals surface area contributed by atoms with Crippen molar-refractivity contribution in [3.8, 4) is 0 Å². The molecular weight excluding hydrogens is 116 g/mol. The van der Waals surface area contributed by atoms with Gasteiger partial charge in [-0.05, 0) is 19.3 Å². The predicted molar refractivity (Wildman–Crippen MR) is 37.1 cm³/mol. The summed E-state index contributed by atoms with van der Waals surface area (Å²) in [4.78, 5) is 0. The van der Waals surface area contributed by atoms with E-state index >= 15 is 0 Å². The van der Waals surface area contributed by atoms with E-state index in [1.807, 2.05) is 0 Å². The van der Waals surface area contributed by atoms with Gasteiger partial charge in [-0.1, -0.05) is 6.08 Å². The second kappa shape index (κ2) is 5.79. The van der Waals surface area contributed by atoms with Gasteiger partial charge in [-0.25, -0.2) is 0 Å². The molecule has 0 heterocycles. The summed E-state index contributed by atoms with van der Waals surface area (Å²) in [6.45, 7) is 3.59. The van der Waals surface area contributed by atoms with E-state index in [0.29, 0.717) is 12.8 Å². The van der Waals surface area contributed by atoms with Crippen LogP contribution in [0.2, 0.25) is 0 Å². The van der Waals surface area contributed by atoms with Crippen LogP contribution in [0.3, 0.4) is 0 Å². The Labute approximate surface area is 55.8 Å². The van der Waals surface area contributed by atoms with E-state index in [9.17, 15) is 0 Å². The second-order valence-corrected chi connectivity index (χ2v) is 2.03. The summed E-state index contributed by atoms with van der Waals surface area (Å²) < 4.78 is 0. The zero-order valence-electron chi connectivity index (χ0n) is 5.58. The Morgan fingerprint density at radius 2 is 2.11 bits per heavy atom. The molecule has 0 aromatic heterocycles. The van der Waals surface area contributed by atoms with E-state index in [1.165, 1.54) is 0 Å². The molecule has 2 N–H and O–H groups in total. The predicted octanol–water partition coefficient (Wildman–Crippen LogP) is 0.696. The summed E-state index contributed by atoms with van der Waals surface area (Å²) in [5.41, 5.74) is 0. The molecule has 0 aliphatic rings. The highest BCUT2D eigenvalue weighted by Gasteiger charge is 1.99. The number of aliphatic hydroxyl groups is 2. The fourth-order valence-corrected chi connectivity index (χ4v) is 0.604. The topological polar surface area (TPSA) is 40.5 Å². The standard InChI is InChI=1S/C7H14O2/c1-2-3-4-7(9)5-6-8/h2,7-9H,1,3-6H2. The van der Waals surface area contributed by atoms with Crippen molar-refractivity contribution < 1.29 is 10.2 Å². The van der Waals surface area contributed by atoms with Crippen LogP contribution in [-0.2, 0) is 0 Å². The number of allylic oxidation sites excluding steroid dienone is 1. The summed E-state index contributed by atoms with van der Waals surface area (Å²) in [6, 6.07) is 0. The van der Waals surface area contributed by atoms with Gasteiger partial charge in [0.2, 0.25) is 0 Å². The van der Waals surface area contributed by atoms with Gasteiger partial charge in [0.1, 0.15) is 0 Å². The van der Waals surface area contributed by atoms with Crippen molar-refractivity contribution in [2.24, 2.45) is 0 Å². The Balaban J connectivity index is 3.04. The van der Waals surface area contributed by atoms with E-state index in [-0.39, 0.29) is 12.7 Å². The third-order valence-electron chi connectivity index (χ3n) is 1.17. The molecule has 0 amide bonds. The molecule has 0 aromatic rings. The lowest BCUT2D eigenvalue weighted by Crippen LogP contribution is -2.07. The van der Waals surface area contributed by atoms with Crippen LogP contribution in [-0.4, -0.2) is 22.9 Å². The maximum Gasteiger partial charge on any atom is 0.0565 e. The Bertz CT molecular complexity index is 71.3. The summed E-state index contributed by atoms with van der Waals surface area (Å²) in [7, 11) is 0. The molecule has 0 radical (unpaired) electrons. The summed E-state index contributed by atoms with van der Waals surface area (Å²) in [5.74, 6) is 0. The smallest absolute Gasteiger partial charge is 0.0565 e. The quantitative estimate of drug-likeness (QED) is 0.538. The maximum absolute atomic E-state index is 8.97. The molecule has 0 bridgehead atoms. The first kappa shape index (κ1) is 8.66. The highest BCUT2D eigenvalue weighted by Crippen LogP contribution is 2.00. The van der Waals surface area contributed by atoms with Crippen LogP contribution in [0.15, 0.2) is 12.7 Å². The van der Waals surface area contributed by atoms with Gasteiger partial charge < -0.3 is 10.2 Å². The molecule has 0 aliphatic carbocycles. The average Bonchev–Trinajstić information content (AvgIpc) is 1.85. The van der Waals surface area contributed by atoms with Crippen molar-refractivity contribution in [2.45, 2.75) is 25.4 Å². The summed E-state index contributed by atoms with van der Waals surface area (Å²) in [5, 5.41) is 17.3. The monoisotopic (exact) mass is 130 g/mol. The van der Waals surface area contributed by atoms with Crippen molar-refractivity contribution in [2.75, 3.05) is 6.61 Å². The number of hydrogen-bond donors (Lipinski definition) is 2. The van der Waals surface area contributed by atoms with Crippen LogP contribution in [0.5, 0.6) is 0 Å². The van der Waals surface area contributed by atoms with E-state index < -0.39 is 0 Å². The molecule has 0 spiro atoms. The molecule has 0 saturated carbocycles. The lowest BCUT2D eigenvalue weighted by molar-refractivity contribution is 0.126. The first-order valence-corrected chi connectivity index (χ1v) is 3.21. The normalized spacial score (nSPS) is 13.1. The minimum absolute atomic E-state index is 0.0678. The van der Waals surface area contributed by atoms with E-state index in [4.69, 9.17) is 10.2 Å². The SMILES string of the molecule is C=CCCC(O)CCO. The largest absolute Gasteiger partial charge is 0.396 e. The summed E-state index contributed by atoms with van der Waals surface area (Å²) in [6.07, 6.45) is 3.42. The Morgan fingerprint density at radius 1 is 1.44 bits per heavy atom. The number of rotatable bonds is 5. The van der Waals surface area contributed by atoms with Crippen LogP contribution in [0, 0.1) is 0 Å². The van der Waals surface area contributed by atoms with Crippen LogP contribution in [0.1, 0.15) is 19.3 Å². The lowest BCUT2D eigenvalue weighted by atomic mass is 10.1. The molecule has 54 valence electrons. The molecule has 2 nitrogen and oxygen atoms in total. The van der Waals surface area contributed by atoms with Crippen molar-refractivity contribution in [1.82, 2.24) is 0 Å². The molecule has 0 fully saturated rings. The van der Waals surface area contributed by atoms with Gasteiger partial charge in [-0.15, -0.1) is 6.58 Å². The van der Waals surface area contributed by atoms with Crippen LogP contribution in [0.4, 0.5) is 0 Å². The van der Waals surface area contributed by atoms with Gasteiger partial charge >= 0.3 is 0 Å². The van der Waals surface area contributed by atoms with Gasteiger partial charge in [0, 0.05) is 6.61 Å². The van der Waals surface area contributed by atoms with Crippen molar-refractivity contribution >= 4 is 0 Å². The first-order chi connectivity index (χ1) is 4.31. The Morgan fingerprint density at radius 3 is 2.56 bits per heavy atom. The fraction of sp³-hybridized carbons (Fsp3) is 0.714. The maximum atomic E-state index is 8.97. The van der Waals surface area contributed by atoms with Crippen LogP contribution in [0.25, 0.3) is 0 Å². The number of hydrogen-bond acceptors (Lipinski definition) is 2. The molecule has 9 heavy (non-hydrogen) atoms. The zero-order chi connectivity index (χ0) is 7.11. The molecule has 0 saturated heterocycles. The Kier molecular flexibility index (Phi) is 5.57. The summed E-state index contributed by atoms with van der Waals surface area (Å²) >= 11 is 0. The molecule has 0 aliphatic heterocycles. The minimum Gasteiger partial charge on any atom is -0.396 e. The van der Waals surface area contributed by atoms with Gasteiger partial charge in [0.15, 0.2) is 0 Å². The molecular formula is C7H14O2. The van der Waals surface area contributed by atoms with Gasteiger partial charge in [0.25, 0.3) is 0 Å². The number of aliphatic hydroxyl groups excluding tert-OH is 2. The van der Waals surface area contributed by atoms with Gasteiger partial charge in [-0.3, -0.25) is 0 Å². The van der Waals surface area contributed by atoms with Crippen molar-refractivity contribution in [1.29, 1.82) is 0 Å². The second-order valence-electron chi connectivity index (χ2n) is 2.03. The zero-order valence-corrected chi connectivity index (χ0v) is 5.58. The molecule has 0 aromatic carbocycles. The highest BCUT2D eigenvalue weighted by molar-refractivity contribution is 4.68. The third kappa shape index (κ3) is 5.53. The van der Waals surface area contributed by atoms with Crippen LogP contribution >= 0.6 is 0 Å². The molecule has 2 heteroatoms. The third-order valence-corrected chi connectivity index (χ3v) is 1.17. The fourth-order valence-electron chi connectivity index (χ4n) is 0.604. The molecule has 1 unspecified atom stereocenters. The van der Waals surface area contributed by atoms with Gasteiger partial charge in [-0.2, -0.15) is 0 Å². The molecule has 1 atom stereocenters. The molecule has 0 rings (SSSR count). The minimum atomic E-state index is -0.354. The average molecular weight is 130 g/mol. The first-order valence-electron chi connectivity index (χ1n) is 3.21. The van der Waals surface area contributed by atoms with Gasteiger partial charge in [0.05, 0.1) is 6.10 Å². The van der Waals surface area contributed by atoms with Crippen LogP contribution < -0.4 is 0 Å². The Hall–Kier alpha value is -0.340. The van der Waals surface area contributed by atoms with E-state index in [0.717, 1.165) is 6.42 Å². The van der Waals surface area contributed by atoms with E-state index in [2.05, 4.69) is 6.58 Å².